The fraction of sp³-hybridized carbons (Fsp3) is 0.0435. The third-order valence-electron chi connectivity index (χ3n) is 9.62. The van der Waals surface area contributed by atoms with Gasteiger partial charge in [0, 0.05) is 33.0 Å². The molecule has 0 saturated carbocycles. The van der Waals surface area contributed by atoms with Crippen LogP contribution in [0.25, 0.3) is 72.2 Å². The molecule has 0 N–H and O–H groups in total. The van der Waals surface area contributed by atoms with E-state index in [1.54, 1.807) is 0 Å². The second kappa shape index (κ2) is 12.0. The SMILES string of the molecule is Cc1ccccc1-c1cc(-n2c3ccccc3c3ccccc32)ccc1Cc1ccc(-c2nc(-c3ccccc3)nc3ccccc23)cc1. The maximum atomic E-state index is 5.08. The van der Waals surface area contributed by atoms with Crippen LogP contribution in [0.15, 0.2) is 170 Å². The topological polar surface area (TPSA) is 30.7 Å². The monoisotopic (exact) mass is 627 g/mol. The van der Waals surface area contributed by atoms with E-state index in [4.69, 9.17) is 9.97 Å². The maximum Gasteiger partial charge on any atom is 0.160 e. The summed E-state index contributed by atoms with van der Waals surface area (Å²) in [6.45, 7) is 2.21. The Balaban J connectivity index is 1.13. The molecule has 7 aromatic carbocycles. The molecule has 0 aliphatic rings. The summed E-state index contributed by atoms with van der Waals surface area (Å²) < 4.78 is 2.40. The maximum absolute atomic E-state index is 5.08. The van der Waals surface area contributed by atoms with Gasteiger partial charge in [-0.3, -0.25) is 0 Å². The van der Waals surface area contributed by atoms with Crippen LogP contribution in [-0.2, 0) is 6.42 Å². The lowest BCUT2D eigenvalue weighted by Crippen LogP contribution is -1.99. The summed E-state index contributed by atoms with van der Waals surface area (Å²) in [6.07, 6.45) is 0.817. The van der Waals surface area contributed by atoms with Crippen molar-refractivity contribution >= 4 is 32.7 Å². The zero-order chi connectivity index (χ0) is 32.7. The Morgan fingerprint density at radius 1 is 0.490 bits per heavy atom. The number of hydrogen-bond acceptors (Lipinski definition) is 2. The van der Waals surface area contributed by atoms with Crippen LogP contribution >= 0.6 is 0 Å². The van der Waals surface area contributed by atoms with Crippen LogP contribution in [-0.4, -0.2) is 14.5 Å². The highest BCUT2D eigenvalue weighted by Crippen LogP contribution is 2.36. The van der Waals surface area contributed by atoms with Gasteiger partial charge < -0.3 is 4.57 Å². The molecule has 0 radical (unpaired) electrons. The van der Waals surface area contributed by atoms with E-state index in [1.165, 1.54) is 55.3 Å². The molecule has 0 unspecified atom stereocenters. The van der Waals surface area contributed by atoms with Crippen molar-refractivity contribution in [1.29, 1.82) is 0 Å². The van der Waals surface area contributed by atoms with Gasteiger partial charge in [-0.25, -0.2) is 9.97 Å². The average molecular weight is 628 g/mol. The molecule has 232 valence electrons. The molecule has 0 spiro atoms. The molecule has 0 bridgehead atoms. The van der Waals surface area contributed by atoms with Crippen LogP contribution in [0.5, 0.6) is 0 Å². The summed E-state index contributed by atoms with van der Waals surface area (Å²) >= 11 is 0. The first-order chi connectivity index (χ1) is 24.2. The Bertz CT molecular complexity index is 2580. The van der Waals surface area contributed by atoms with Crippen LogP contribution in [0.1, 0.15) is 16.7 Å². The molecule has 3 heteroatoms. The van der Waals surface area contributed by atoms with Crippen molar-refractivity contribution in [2.24, 2.45) is 0 Å². The predicted molar refractivity (Wildman–Crippen MR) is 204 cm³/mol. The molecule has 9 aromatic rings. The number of fused-ring (bicyclic) bond motifs is 4. The van der Waals surface area contributed by atoms with E-state index in [0.29, 0.717) is 0 Å². The molecular formula is C46H33N3. The Morgan fingerprint density at radius 2 is 1.12 bits per heavy atom. The van der Waals surface area contributed by atoms with Crippen LogP contribution < -0.4 is 0 Å². The van der Waals surface area contributed by atoms with E-state index in [1.807, 2.05) is 24.3 Å². The van der Waals surface area contributed by atoms with Crippen molar-refractivity contribution in [2.45, 2.75) is 13.3 Å². The van der Waals surface area contributed by atoms with Gasteiger partial charge in [0.2, 0.25) is 0 Å². The summed E-state index contributed by atoms with van der Waals surface area (Å²) in [6, 6.07) is 60.5. The molecule has 0 atom stereocenters. The molecule has 3 nitrogen and oxygen atoms in total. The van der Waals surface area contributed by atoms with Crippen molar-refractivity contribution in [3.05, 3.63) is 187 Å². The quantitative estimate of drug-likeness (QED) is 0.184. The molecule has 0 saturated heterocycles. The molecule has 0 fully saturated rings. The number of aryl methyl sites for hydroxylation is 1. The van der Waals surface area contributed by atoms with Crippen LogP contribution in [0.3, 0.4) is 0 Å². The van der Waals surface area contributed by atoms with Crippen molar-refractivity contribution in [2.75, 3.05) is 0 Å². The molecule has 49 heavy (non-hydrogen) atoms. The second-order valence-electron chi connectivity index (χ2n) is 12.7. The third kappa shape index (κ3) is 5.17. The van der Waals surface area contributed by atoms with Crippen molar-refractivity contribution in [1.82, 2.24) is 14.5 Å². The minimum Gasteiger partial charge on any atom is -0.309 e. The van der Waals surface area contributed by atoms with Crippen molar-refractivity contribution < 1.29 is 0 Å². The fourth-order valence-electron chi connectivity index (χ4n) is 7.20. The second-order valence-corrected chi connectivity index (χ2v) is 12.7. The van der Waals surface area contributed by atoms with Gasteiger partial charge in [-0.15, -0.1) is 0 Å². The first-order valence-electron chi connectivity index (χ1n) is 16.8. The van der Waals surface area contributed by atoms with Crippen molar-refractivity contribution in [3.8, 4) is 39.5 Å². The lowest BCUT2D eigenvalue weighted by Gasteiger charge is -2.16. The van der Waals surface area contributed by atoms with Gasteiger partial charge in [-0.05, 0) is 71.5 Å². The number of rotatable bonds is 6. The summed E-state index contributed by atoms with van der Waals surface area (Å²) in [5.41, 5.74) is 13.9. The molecular weight excluding hydrogens is 595 g/mol. The highest BCUT2D eigenvalue weighted by atomic mass is 15.0. The highest BCUT2D eigenvalue weighted by Gasteiger charge is 2.16. The third-order valence-corrected chi connectivity index (χ3v) is 9.62. The normalized spacial score (nSPS) is 11.4. The fourth-order valence-corrected chi connectivity index (χ4v) is 7.20. The summed E-state index contributed by atoms with van der Waals surface area (Å²) in [5.74, 6) is 0.740. The molecule has 0 amide bonds. The van der Waals surface area contributed by atoms with Gasteiger partial charge >= 0.3 is 0 Å². The Morgan fingerprint density at radius 3 is 1.86 bits per heavy atom. The van der Waals surface area contributed by atoms with E-state index < -0.39 is 0 Å². The smallest absolute Gasteiger partial charge is 0.160 e. The zero-order valence-corrected chi connectivity index (χ0v) is 27.2. The zero-order valence-electron chi connectivity index (χ0n) is 27.2. The van der Waals surface area contributed by atoms with E-state index in [9.17, 15) is 0 Å². The molecule has 0 aliphatic carbocycles. The molecule has 0 aliphatic heterocycles. The minimum absolute atomic E-state index is 0.740. The summed E-state index contributed by atoms with van der Waals surface area (Å²) in [7, 11) is 0. The van der Waals surface area contributed by atoms with E-state index in [0.717, 1.165) is 40.0 Å². The number of hydrogen-bond donors (Lipinski definition) is 0. The van der Waals surface area contributed by atoms with Gasteiger partial charge in [0.1, 0.15) is 0 Å². The van der Waals surface area contributed by atoms with Crippen LogP contribution in [0, 0.1) is 6.92 Å². The Labute approximate surface area is 285 Å². The first-order valence-corrected chi connectivity index (χ1v) is 16.8. The Hall–Kier alpha value is -6.32. The van der Waals surface area contributed by atoms with Crippen LogP contribution in [0.4, 0.5) is 0 Å². The van der Waals surface area contributed by atoms with E-state index in [2.05, 4.69) is 157 Å². The van der Waals surface area contributed by atoms with Gasteiger partial charge in [0.25, 0.3) is 0 Å². The molecule has 2 heterocycles. The van der Waals surface area contributed by atoms with E-state index in [-0.39, 0.29) is 0 Å². The Kier molecular flexibility index (Phi) is 7.09. The lowest BCUT2D eigenvalue weighted by molar-refractivity contribution is 1.15. The minimum atomic E-state index is 0.740. The number of aromatic nitrogens is 3. The number of nitrogens with zero attached hydrogens (tertiary/aromatic N) is 3. The van der Waals surface area contributed by atoms with Gasteiger partial charge in [0.15, 0.2) is 5.82 Å². The number of para-hydroxylation sites is 3. The lowest BCUT2D eigenvalue weighted by atomic mass is 9.91. The molecule has 2 aromatic heterocycles. The summed E-state index contributed by atoms with van der Waals surface area (Å²) in [4.78, 5) is 9.98. The largest absolute Gasteiger partial charge is 0.309 e. The average Bonchev–Trinajstić information content (AvgIpc) is 3.50. The standard InChI is InChI=1S/C46H33N3/c1-31-13-5-6-16-37(31)41-30-36(49-43-21-11-8-17-38(43)39-18-9-12-22-44(39)49)28-27-35(41)29-32-23-25-33(26-24-32)45-40-19-7-10-20-42(40)47-46(48-45)34-14-3-2-4-15-34/h2-28,30H,29H2,1H3. The van der Waals surface area contributed by atoms with Gasteiger partial charge in [0.05, 0.1) is 22.2 Å². The van der Waals surface area contributed by atoms with E-state index >= 15 is 0 Å². The number of benzene rings is 7. The van der Waals surface area contributed by atoms with Gasteiger partial charge in [-0.2, -0.15) is 0 Å². The predicted octanol–water partition coefficient (Wildman–Crippen LogP) is 11.6. The highest BCUT2D eigenvalue weighted by molar-refractivity contribution is 6.09. The summed E-state index contributed by atoms with van der Waals surface area (Å²) in [5, 5.41) is 3.59. The van der Waals surface area contributed by atoms with Gasteiger partial charge in [-0.1, -0.05) is 140 Å². The molecule has 9 rings (SSSR count). The first kappa shape index (κ1) is 28.9. The van der Waals surface area contributed by atoms with Crippen molar-refractivity contribution in [3.63, 3.8) is 0 Å². The van der Waals surface area contributed by atoms with Crippen LogP contribution in [0.2, 0.25) is 0 Å².